The van der Waals surface area contributed by atoms with Gasteiger partial charge < -0.3 is 39.7 Å². The standard InChI is InChI=1S/C29H37N9O4/c1-20(39)35-9-13-37(14-10-35)22-5-7-24(26(17-22)41-3)32-28-30-19-31-29(34-28)33-25-8-6-23(18-27(25)42-4)38-15-11-36(12-16-38)21(2)40/h5-8,17-19H,9-16H2,1-4H3,(H2,30,31,32,33,34). The number of hydrogen-bond donors (Lipinski definition) is 2. The van der Waals surface area contributed by atoms with Crippen molar-refractivity contribution in [3.05, 3.63) is 42.7 Å². The molecule has 13 nitrogen and oxygen atoms in total. The van der Waals surface area contributed by atoms with Crippen LogP contribution in [-0.2, 0) is 9.59 Å². The van der Waals surface area contributed by atoms with Gasteiger partial charge in [-0.2, -0.15) is 4.98 Å². The van der Waals surface area contributed by atoms with Crippen molar-refractivity contribution in [1.29, 1.82) is 0 Å². The van der Waals surface area contributed by atoms with E-state index in [4.69, 9.17) is 9.47 Å². The number of amides is 2. The summed E-state index contributed by atoms with van der Waals surface area (Å²) in [6.45, 7) is 9.06. The number of ether oxygens (including phenoxy) is 2. The lowest BCUT2D eigenvalue weighted by molar-refractivity contribution is -0.129. The minimum atomic E-state index is 0.106. The number of carbonyl (C=O) groups excluding carboxylic acids is 2. The van der Waals surface area contributed by atoms with Crippen LogP contribution in [0.25, 0.3) is 0 Å². The van der Waals surface area contributed by atoms with Crippen LogP contribution in [0, 0.1) is 0 Å². The monoisotopic (exact) mass is 575 g/mol. The van der Waals surface area contributed by atoms with E-state index in [0.717, 1.165) is 37.6 Å². The number of anilines is 6. The lowest BCUT2D eigenvalue weighted by Gasteiger charge is -2.35. The van der Waals surface area contributed by atoms with E-state index in [1.54, 1.807) is 28.1 Å². The Kier molecular flexibility index (Phi) is 8.74. The molecule has 42 heavy (non-hydrogen) atoms. The van der Waals surface area contributed by atoms with E-state index in [0.29, 0.717) is 60.9 Å². The fourth-order valence-electron chi connectivity index (χ4n) is 5.18. The normalized spacial score (nSPS) is 15.3. The summed E-state index contributed by atoms with van der Waals surface area (Å²) in [5.74, 6) is 2.22. The van der Waals surface area contributed by atoms with Crippen molar-refractivity contribution in [3.8, 4) is 11.5 Å². The molecule has 0 aliphatic carbocycles. The Bertz CT molecular complexity index is 1320. The molecule has 3 aromatic rings. The second-order valence-corrected chi connectivity index (χ2v) is 10.1. The number of piperazine rings is 2. The van der Waals surface area contributed by atoms with Crippen LogP contribution in [0.1, 0.15) is 13.8 Å². The maximum Gasteiger partial charge on any atom is 0.232 e. The highest BCUT2D eigenvalue weighted by Crippen LogP contribution is 2.34. The van der Waals surface area contributed by atoms with Crippen LogP contribution in [0.15, 0.2) is 42.7 Å². The van der Waals surface area contributed by atoms with E-state index in [1.165, 1.54) is 6.33 Å². The molecule has 2 aliphatic heterocycles. The molecule has 0 atom stereocenters. The van der Waals surface area contributed by atoms with Gasteiger partial charge in [0.15, 0.2) is 0 Å². The summed E-state index contributed by atoms with van der Waals surface area (Å²) in [5.41, 5.74) is 3.48. The minimum absolute atomic E-state index is 0.106. The molecule has 3 heterocycles. The first-order valence-electron chi connectivity index (χ1n) is 13.9. The first-order valence-corrected chi connectivity index (χ1v) is 13.9. The van der Waals surface area contributed by atoms with Crippen LogP contribution in [0.5, 0.6) is 11.5 Å². The first-order chi connectivity index (χ1) is 20.3. The van der Waals surface area contributed by atoms with Gasteiger partial charge in [0.2, 0.25) is 23.7 Å². The Balaban J connectivity index is 1.25. The van der Waals surface area contributed by atoms with E-state index >= 15 is 0 Å². The fourth-order valence-corrected chi connectivity index (χ4v) is 5.18. The smallest absolute Gasteiger partial charge is 0.232 e. The molecule has 0 radical (unpaired) electrons. The third kappa shape index (κ3) is 6.56. The zero-order valence-corrected chi connectivity index (χ0v) is 24.5. The van der Waals surface area contributed by atoms with Crippen LogP contribution < -0.4 is 29.9 Å². The summed E-state index contributed by atoms with van der Waals surface area (Å²) in [7, 11) is 3.25. The van der Waals surface area contributed by atoms with Gasteiger partial charge in [0.1, 0.15) is 17.8 Å². The average Bonchev–Trinajstić information content (AvgIpc) is 3.01. The van der Waals surface area contributed by atoms with Crippen molar-refractivity contribution in [1.82, 2.24) is 24.8 Å². The molecule has 13 heteroatoms. The van der Waals surface area contributed by atoms with Crippen LogP contribution in [0.3, 0.4) is 0 Å². The molecule has 2 amide bonds. The summed E-state index contributed by atoms with van der Waals surface area (Å²) in [5, 5.41) is 6.46. The van der Waals surface area contributed by atoms with E-state index in [9.17, 15) is 9.59 Å². The summed E-state index contributed by atoms with van der Waals surface area (Å²) < 4.78 is 11.3. The molecule has 0 unspecified atom stereocenters. The SMILES string of the molecule is COc1cc(N2CCN(C(C)=O)CC2)ccc1Nc1ncnc(Nc2ccc(N3CCN(C(C)=O)CC3)cc2OC)n1. The molecule has 2 aliphatic rings. The Hall–Kier alpha value is -4.81. The topological polar surface area (TPSA) is 128 Å². The number of nitrogens with zero attached hydrogens (tertiary/aromatic N) is 7. The molecular weight excluding hydrogens is 538 g/mol. The third-order valence-corrected chi connectivity index (χ3v) is 7.62. The Labute approximate surface area is 245 Å². The number of hydrogen-bond acceptors (Lipinski definition) is 11. The Morgan fingerprint density at radius 1 is 0.667 bits per heavy atom. The van der Waals surface area contributed by atoms with E-state index < -0.39 is 0 Å². The zero-order valence-electron chi connectivity index (χ0n) is 24.5. The van der Waals surface area contributed by atoms with Gasteiger partial charge in [0, 0.05) is 89.7 Å². The second kappa shape index (κ2) is 12.8. The molecule has 1 aromatic heterocycles. The summed E-state index contributed by atoms with van der Waals surface area (Å²) >= 11 is 0. The molecule has 2 aromatic carbocycles. The predicted octanol–water partition coefficient (Wildman–Crippen LogP) is 2.71. The Morgan fingerprint density at radius 3 is 1.43 bits per heavy atom. The van der Waals surface area contributed by atoms with E-state index in [2.05, 4.69) is 35.4 Å². The number of methoxy groups -OCH3 is 2. The van der Waals surface area contributed by atoms with Crippen molar-refractivity contribution >= 4 is 46.5 Å². The first kappa shape index (κ1) is 28.7. The molecule has 2 saturated heterocycles. The highest BCUT2D eigenvalue weighted by molar-refractivity contribution is 5.75. The van der Waals surface area contributed by atoms with Crippen molar-refractivity contribution < 1.29 is 19.1 Å². The van der Waals surface area contributed by atoms with E-state index in [1.807, 2.05) is 46.2 Å². The maximum absolute atomic E-state index is 11.7. The highest BCUT2D eigenvalue weighted by atomic mass is 16.5. The average molecular weight is 576 g/mol. The molecule has 222 valence electrons. The number of aromatic nitrogens is 3. The molecule has 0 saturated carbocycles. The summed E-state index contributed by atoms with van der Waals surface area (Å²) in [6.07, 6.45) is 1.43. The number of benzene rings is 2. The van der Waals surface area contributed by atoms with Gasteiger partial charge in [-0.3, -0.25) is 9.59 Å². The van der Waals surface area contributed by atoms with Crippen molar-refractivity contribution in [2.24, 2.45) is 0 Å². The van der Waals surface area contributed by atoms with Gasteiger partial charge in [-0.25, -0.2) is 9.97 Å². The number of rotatable bonds is 8. The van der Waals surface area contributed by atoms with E-state index in [-0.39, 0.29) is 11.8 Å². The quantitative estimate of drug-likeness (QED) is 0.411. The maximum atomic E-state index is 11.7. The van der Waals surface area contributed by atoms with Gasteiger partial charge in [0.25, 0.3) is 0 Å². The number of carbonyl (C=O) groups is 2. The number of nitrogens with one attached hydrogen (secondary N) is 2. The van der Waals surface area contributed by atoms with Gasteiger partial charge in [-0.1, -0.05) is 0 Å². The van der Waals surface area contributed by atoms with Gasteiger partial charge in [-0.15, -0.1) is 0 Å². The van der Waals surface area contributed by atoms with Crippen LogP contribution in [0.4, 0.5) is 34.6 Å². The molecule has 2 fully saturated rings. The van der Waals surface area contributed by atoms with Gasteiger partial charge >= 0.3 is 0 Å². The molecular formula is C29H37N9O4. The van der Waals surface area contributed by atoms with Gasteiger partial charge in [0.05, 0.1) is 25.6 Å². The zero-order chi connectivity index (χ0) is 29.6. The largest absolute Gasteiger partial charge is 0.494 e. The molecule has 2 N–H and O–H groups in total. The Morgan fingerprint density at radius 2 is 1.07 bits per heavy atom. The van der Waals surface area contributed by atoms with Crippen LogP contribution >= 0.6 is 0 Å². The highest BCUT2D eigenvalue weighted by Gasteiger charge is 2.21. The van der Waals surface area contributed by atoms with Crippen molar-refractivity contribution in [2.45, 2.75) is 13.8 Å². The van der Waals surface area contributed by atoms with Crippen molar-refractivity contribution in [3.63, 3.8) is 0 Å². The van der Waals surface area contributed by atoms with Crippen LogP contribution in [-0.4, -0.2) is 103 Å². The summed E-state index contributed by atoms with van der Waals surface area (Å²) in [4.78, 5) is 44.6. The third-order valence-electron chi connectivity index (χ3n) is 7.62. The molecule has 5 rings (SSSR count). The van der Waals surface area contributed by atoms with Gasteiger partial charge in [-0.05, 0) is 24.3 Å². The van der Waals surface area contributed by atoms with Crippen LogP contribution in [0.2, 0.25) is 0 Å². The second-order valence-electron chi connectivity index (χ2n) is 10.1. The molecule has 0 spiro atoms. The fraction of sp³-hybridized carbons (Fsp3) is 0.414. The predicted molar refractivity (Wildman–Crippen MR) is 161 cm³/mol. The molecule has 0 bridgehead atoms. The lowest BCUT2D eigenvalue weighted by Crippen LogP contribution is -2.48. The lowest BCUT2D eigenvalue weighted by atomic mass is 10.2. The summed E-state index contributed by atoms with van der Waals surface area (Å²) in [6, 6.07) is 11.8. The minimum Gasteiger partial charge on any atom is -0.494 e. The van der Waals surface area contributed by atoms with Crippen molar-refractivity contribution in [2.75, 3.05) is 87.0 Å².